The van der Waals surface area contributed by atoms with Crippen molar-refractivity contribution in [3.8, 4) is 5.75 Å². The Kier molecular flexibility index (Phi) is 4.33. The van der Waals surface area contributed by atoms with Crippen molar-refractivity contribution in [2.24, 2.45) is 11.7 Å². The van der Waals surface area contributed by atoms with Crippen LogP contribution in [0.3, 0.4) is 0 Å². The molecule has 0 bridgehead atoms. The first-order valence-electron chi connectivity index (χ1n) is 7.18. The fourth-order valence-electron chi connectivity index (χ4n) is 3.14. The monoisotopic (exact) mass is 276 g/mol. The van der Waals surface area contributed by atoms with E-state index >= 15 is 0 Å². The molecule has 20 heavy (non-hydrogen) atoms. The number of nitrogens with two attached hydrogens (primary N) is 1. The summed E-state index contributed by atoms with van der Waals surface area (Å²) in [6, 6.07) is 7.52. The van der Waals surface area contributed by atoms with Crippen LogP contribution in [0.1, 0.15) is 32.6 Å². The van der Waals surface area contributed by atoms with Crippen molar-refractivity contribution in [3.05, 3.63) is 24.3 Å². The minimum atomic E-state index is -0.743. The van der Waals surface area contributed by atoms with Gasteiger partial charge in [-0.05, 0) is 30.9 Å². The number of methoxy groups -OCH3 is 1. The van der Waals surface area contributed by atoms with Gasteiger partial charge in [-0.25, -0.2) is 0 Å². The maximum atomic E-state index is 12.8. The summed E-state index contributed by atoms with van der Waals surface area (Å²) in [6.07, 6.45) is 3.69. The largest absolute Gasteiger partial charge is 0.495 e. The molecule has 110 valence electrons. The van der Waals surface area contributed by atoms with E-state index in [9.17, 15) is 4.79 Å². The molecule has 2 atom stereocenters. The molecule has 0 radical (unpaired) electrons. The topological polar surface area (TPSA) is 55.6 Å². The number of amides is 1. The molecule has 0 aliphatic heterocycles. The molecule has 0 aromatic heterocycles. The number of hydrogen-bond acceptors (Lipinski definition) is 3. The van der Waals surface area contributed by atoms with Gasteiger partial charge in [0.25, 0.3) is 0 Å². The van der Waals surface area contributed by atoms with E-state index in [-0.39, 0.29) is 5.91 Å². The maximum absolute atomic E-state index is 12.8. The van der Waals surface area contributed by atoms with E-state index in [2.05, 4.69) is 6.92 Å². The molecular weight excluding hydrogens is 252 g/mol. The molecule has 1 amide bonds. The van der Waals surface area contributed by atoms with Gasteiger partial charge in [0.15, 0.2) is 0 Å². The zero-order chi connectivity index (χ0) is 14.8. The highest BCUT2D eigenvalue weighted by Crippen LogP contribution is 2.34. The average molecular weight is 276 g/mol. The van der Waals surface area contributed by atoms with Crippen LogP contribution in [0.5, 0.6) is 5.75 Å². The first-order valence-corrected chi connectivity index (χ1v) is 7.18. The molecule has 0 spiro atoms. The molecule has 2 rings (SSSR count). The molecule has 0 heterocycles. The Balaban J connectivity index is 2.23. The van der Waals surface area contributed by atoms with Crippen LogP contribution < -0.4 is 15.4 Å². The van der Waals surface area contributed by atoms with Gasteiger partial charge in [-0.3, -0.25) is 4.79 Å². The van der Waals surface area contributed by atoms with Gasteiger partial charge in [0.1, 0.15) is 5.75 Å². The number of carbonyl (C=O) groups excluding carboxylic acids is 1. The highest BCUT2D eigenvalue weighted by molar-refractivity contribution is 6.00. The van der Waals surface area contributed by atoms with Crippen LogP contribution in [-0.4, -0.2) is 25.6 Å². The predicted molar refractivity (Wildman–Crippen MR) is 81.0 cm³/mol. The van der Waals surface area contributed by atoms with Gasteiger partial charge >= 0.3 is 0 Å². The van der Waals surface area contributed by atoms with Gasteiger partial charge in [-0.2, -0.15) is 0 Å². The normalized spacial score (nSPS) is 26.1. The Bertz CT molecular complexity index is 489. The molecule has 1 aromatic carbocycles. The lowest BCUT2D eigenvalue weighted by atomic mass is 9.76. The quantitative estimate of drug-likeness (QED) is 0.923. The molecule has 1 aromatic rings. The van der Waals surface area contributed by atoms with Crippen LogP contribution in [0.25, 0.3) is 0 Å². The molecule has 1 aliphatic carbocycles. The summed E-state index contributed by atoms with van der Waals surface area (Å²) in [5, 5.41) is 0. The van der Waals surface area contributed by atoms with Crippen molar-refractivity contribution in [2.75, 3.05) is 19.1 Å². The smallest absolute Gasteiger partial charge is 0.246 e. The molecule has 0 saturated heterocycles. The second-order valence-corrected chi connectivity index (χ2v) is 5.89. The van der Waals surface area contributed by atoms with E-state index in [1.165, 1.54) is 0 Å². The van der Waals surface area contributed by atoms with E-state index in [1.807, 2.05) is 24.3 Å². The first-order chi connectivity index (χ1) is 9.48. The molecule has 1 aliphatic rings. The van der Waals surface area contributed by atoms with Crippen LogP contribution in [0.15, 0.2) is 24.3 Å². The van der Waals surface area contributed by atoms with Crippen LogP contribution >= 0.6 is 0 Å². The van der Waals surface area contributed by atoms with Gasteiger partial charge in [0.05, 0.1) is 18.3 Å². The second kappa shape index (κ2) is 5.83. The fraction of sp³-hybridized carbons (Fsp3) is 0.562. The number of para-hydroxylation sites is 2. The fourth-order valence-corrected chi connectivity index (χ4v) is 3.14. The zero-order valence-electron chi connectivity index (χ0n) is 12.6. The van der Waals surface area contributed by atoms with E-state index in [1.54, 1.807) is 19.1 Å². The lowest BCUT2D eigenvalue weighted by Crippen LogP contribution is -2.56. The van der Waals surface area contributed by atoms with Crippen LogP contribution in [0, 0.1) is 5.92 Å². The standard InChI is InChI=1S/C16H24N2O2/c1-12-7-6-10-16(17,11-12)15(19)18(2)13-8-4-5-9-14(13)20-3/h4-5,8-9,12H,6-7,10-11,17H2,1-3H3. The minimum absolute atomic E-state index is 0.0199. The highest BCUT2D eigenvalue weighted by Gasteiger charge is 2.40. The molecule has 2 N–H and O–H groups in total. The molecule has 1 saturated carbocycles. The predicted octanol–water partition coefficient (Wildman–Crippen LogP) is 2.57. The van der Waals surface area contributed by atoms with Gasteiger partial charge in [0, 0.05) is 7.05 Å². The summed E-state index contributed by atoms with van der Waals surface area (Å²) in [6.45, 7) is 2.16. The Labute approximate surface area is 120 Å². The lowest BCUT2D eigenvalue weighted by Gasteiger charge is -2.38. The minimum Gasteiger partial charge on any atom is -0.495 e. The van der Waals surface area contributed by atoms with Crippen LogP contribution in [0.4, 0.5) is 5.69 Å². The summed E-state index contributed by atoms with van der Waals surface area (Å²) >= 11 is 0. The third kappa shape index (κ3) is 2.80. The second-order valence-electron chi connectivity index (χ2n) is 5.89. The Morgan fingerprint density at radius 1 is 1.45 bits per heavy atom. The molecule has 4 heteroatoms. The Hall–Kier alpha value is -1.55. The SMILES string of the molecule is COc1ccccc1N(C)C(=O)C1(N)CCCC(C)C1. The number of likely N-dealkylation sites (N-methyl/N-ethyl adjacent to an activating group) is 1. The van der Waals surface area contributed by atoms with E-state index in [0.29, 0.717) is 11.7 Å². The Morgan fingerprint density at radius 3 is 2.80 bits per heavy atom. The van der Waals surface area contributed by atoms with Crippen molar-refractivity contribution < 1.29 is 9.53 Å². The first kappa shape index (κ1) is 14.9. The zero-order valence-corrected chi connectivity index (χ0v) is 12.6. The van der Waals surface area contributed by atoms with Crippen molar-refractivity contribution >= 4 is 11.6 Å². The molecular formula is C16H24N2O2. The number of ether oxygens (including phenoxy) is 1. The third-order valence-electron chi connectivity index (χ3n) is 4.21. The van der Waals surface area contributed by atoms with Crippen LogP contribution in [0.2, 0.25) is 0 Å². The Morgan fingerprint density at radius 2 is 2.15 bits per heavy atom. The van der Waals surface area contributed by atoms with E-state index < -0.39 is 5.54 Å². The van der Waals surface area contributed by atoms with Crippen molar-refractivity contribution in [1.82, 2.24) is 0 Å². The van der Waals surface area contributed by atoms with E-state index in [4.69, 9.17) is 10.5 Å². The van der Waals surface area contributed by atoms with Gasteiger partial charge in [-0.15, -0.1) is 0 Å². The van der Waals surface area contributed by atoms with Gasteiger partial charge < -0.3 is 15.4 Å². The van der Waals surface area contributed by atoms with Crippen molar-refractivity contribution in [1.29, 1.82) is 0 Å². The average Bonchev–Trinajstić information content (AvgIpc) is 2.45. The number of anilines is 1. The number of carbonyl (C=O) groups is 1. The van der Waals surface area contributed by atoms with Gasteiger partial charge in [0.2, 0.25) is 5.91 Å². The summed E-state index contributed by atoms with van der Waals surface area (Å²) in [7, 11) is 3.38. The van der Waals surface area contributed by atoms with Crippen molar-refractivity contribution in [3.63, 3.8) is 0 Å². The third-order valence-corrected chi connectivity index (χ3v) is 4.21. The number of hydrogen-bond donors (Lipinski definition) is 1. The van der Waals surface area contributed by atoms with E-state index in [0.717, 1.165) is 31.4 Å². The summed E-state index contributed by atoms with van der Waals surface area (Å²) in [5.41, 5.74) is 6.41. The summed E-state index contributed by atoms with van der Waals surface area (Å²) in [4.78, 5) is 14.4. The van der Waals surface area contributed by atoms with Crippen molar-refractivity contribution in [2.45, 2.75) is 38.1 Å². The molecule has 2 unspecified atom stereocenters. The van der Waals surface area contributed by atoms with Crippen LogP contribution in [-0.2, 0) is 4.79 Å². The molecule has 4 nitrogen and oxygen atoms in total. The number of rotatable bonds is 3. The highest BCUT2D eigenvalue weighted by atomic mass is 16.5. The molecule has 1 fully saturated rings. The van der Waals surface area contributed by atoms with Gasteiger partial charge in [-0.1, -0.05) is 31.9 Å². The lowest BCUT2D eigenvalue weighted by molar-refractivity contribution is -0.125. The number of benzene rings is 1. The number of nitrogens with zero attached hydrogens (tertiary/aromatic N) is 1. The summed E-state index contributed by atoms with van der Waals surface area (Å²) < 4.78 is 5.32. The summed E-state index contributed by atoms with van der Waals surface area (Å²) in [5.74, 6) is 1.17. The maximum Gasteiger partial charge on any atom is 0.246 e.